The number of hydrogen-bond donors (Lipinski definition) is 2. The van der Waals surface area contributed by atoms with E-state index in [2.05, 4.69) is 23.3 Å². The number of carbonyl (C=O) groups excluding carboxylic acids is 1. The summed E-state index contributed by atoms with van der Waals surface area (Å²) in [5.41, 5.74) is 4.41. The Kier molecular flexibility index (Phi) is 5.03. The fourth-order valence-corrected chi connectivity index (χ4v) is 5.47. The van der Waals surface area contributed by atoms with Crippen LogP contribution in [-0.2, 0) is 18.3 Å². The molecule has 5 rings (SSSR count). The Labute approximate surface area is 188 Å². The molecule has 4 atom stereocenters. The summed E-state index contributed by atoms with van der Waals surface area (Å²) in [5.74, 6) is -0.367. The van der Waals surface area contributed by atoms with E-state index in [1.165, 1.54) is 4.57 Å². The molecule has 162 valence electrons. The smallest absolute Gasteiger partial charge is 0.408 e. The Balaban J connectivity index is 1.21. The maximum Gasteiger partial charge on any atom is 0.419 e. The molecule has 1 saturated heterocycles. The molecule has 2 unspecified atom stereocenters. The molecule has 1 aromatic heterocycles. The Morgan fingerprint density at radius 1 is 1.31 bits per heavy atom. The predicted octanol–water partition coefficient (Wildman–Crippen LogP) is 2.53. The quantitative estimate of drug-likeness (QED) is 0.569. The highest BCUT2D eigenvalue weighted by molar-refractivity contribution is 6.40. The van der Waals surface area contributed by atoms with E-state index in [9.17, 15) is 14.9 Å². The van der Waals surface area contributed by atoms with Crippen molar-refractivity contribution in [2.24, 2.45) is 12.5 Å². The average molecular weight is 445 g/mol. The minimum atomic E-state index is -0.377. The van der Waals surface area contributed by atoms with Crippen LogP contribution < -0.4 is 16.1 Å². The van der Waals surface area contributed by atoms with Crippen molar-refractivity contribution >= 4 is 26.7 Å². The van der Waals surface area contributed by atoms with E-state index in [1.807, 2.05) is 36.4 Å². The average Bonchev–Trinajstić information content (AvgIpc) is 3.17. The summed E-state index contributed by atoms with van der Waals surface area (Å²) < 4.78 is 6.68. The predicted molar refractivity (Wildman–Crippen MR) is 122 cm³/mol. The van der Waals surface area contributed by atoms with Crippen LogP contribution in [0.5, 0.6) is 0 Å². The molecule has 1 aliphatic carbocycles. The van der Waals surface area contributed by atoms with Gasteiger partial charge in [0.2, 0.25) is 5.91 Å². The maximum absolute atomic E-state index is 12.4. The van der Waals surface area contributed by atoms with E-state index >= 15 is 0 Å². The third-order valence-electron chi connectivity index (χ3n) is 6.78. The molecular formula is C24H24N4O3Si. The highest BCUT2D eigenvalue weighted by atomic mass is 28.2. The van der Waals surface area contributed by atoms with Crippen LogP contribution >= 0.6 is 0 Å². The number of nitrogens with zero attached hydrogens (tertiary/aromatic N) is 2. The van der Waals surface area contributed by atoms with E-state index in [1.54, 1.807) is 13.1 Å². The molecule has 1 aliphatic heterocycles. The van der Waals surface area contributed by atoms with Gasteiger partial charge in [0.25, 0.3) is 0 Å². The highest BCUT2D eigenvalue weighted by Gasteiger charge is 2.57. The van der Waals surface area contributed by atoms with Gasteiger partial charge in [0.15, 0.2) is 15.3 Å². The number of nitriles is 1. The number of amides is 1. The van der Waals surface area contributed by atoms with Gasteiger partial charge in [0.1, 0.15) is 0 Å². The van der Waals surface area contributed by atoms with Crippen molar-refractivity contribution in [1.29, 1.82) is 5.26 Å². The third kappa shape index (κ3) is 3.78. The number of oxazole rings is 1. The molecule has 2 N–H and O–H groups in total. The molecular weight excluding hydrogens is 420 g/mol. The van der Waals surface area contributed by atoms with Crippen LogP contribution in [0.1, 0.15) is 25.3 Å². The van der Waals surface area contributed by atoms with Crippen LogP contribution in [0.3, 0.4) is 0 Å². The molecule has 2 fully saturated rings. The number of nitrogens with one attached hydrogen (secondary N) is 2. The number of benzene rings is 2. The zero-order valence-corrected chi connectivity index (χ0v) is 19.0. The second kappa shape index (κ2) is 7.76. The molecule has 1 amide bonds. The van der Waals surface area contributed by atoms with Crippen molar-refractivity contribution in [3.8, 4) is 17.2 Å². The monoisotopic (exact) mass is 444 g/mol. The number of hydrogen-bond acceptors (Lipinski definition) is 5. The lowest BCUT2D eigenvalue weighted by atomic mass is 10.0. The van der Waals surface area contributed by atoms with Crippen LogP contribution in [0.4, 0.5) is 0 Å². The molecule has 8 heteroatoms. The lowest BCUT2D eigenvalue weighted by Gasteiger charge is -2.15. The van der Waals surface area contributed by atoms with Crippen LogP contribution in [0.25, 0.3) is 22.2 Å². The van der Waals surface area contributed by atoms with Crippen molar-refractivity contribution in [3.63, 3.8) is 0 Å². The van der Waals surface area contributed by atoms with Gasteiger partial charge in [-0.25, -0.2) is 4.79 Å². The van der Waals surface area contributed by atoms with Gasteiger partial charge in [-0.15, -0.1) is 0 Å². The largest absolute Gasteiger partial charge is 0.419 e. The standard InChI is InChI=1S/C24H24N4O3Si/c1-24-11-18(26-21(24)12-24)22(29)27-32-17(13-25)9-14-3-5-15(6-4-14)16-7-8-20-19(10-16)28(2)23(30)31-20/h3-8,10,17-18,21,26H,9,11-12H2,1-2H3,(H,27,29)/t17-,18?,21+,24?/m0/s1. The molecule has 2 heterocycles. The minimum absolute atomic E-state index is 0.0106. The molecule has 2 aromatic carbocycles. The van der Waals surface area contributed by atoms with Crippen LogP contribution in [0.15, 0.2) is 51.7 Å². The third-order valence-corrected chi connectivity index (χ3v) is 7.86. The second-order valence-electron chi connectivity index (χ2n) is 9.16. The lowest BCUT2D eigenvalue weighted by molar-refractivity contribution is -0.121. The number of fused-ring (bicyclic) bond motifs is 2. The van der Waals surface area contributed by atoms with Crippen LogP contribution in [0.2, 0.25) is 5.54 Å². The van der Waals surface area contributed by atoms with Crippen molar-refractivity contribution in [3.05, 3.63) is 58.6 Å². The summed E-state index contributed by atoms with van der Waals surface area (Å²) >= 11 is 0. The van der Waals surface area contributed by atoms with Crippen molar-refractivity contribution in [1.82, 2.24) is 14.9 Å². The summed E-state index contributed by atoms with van der Waals surface area (Å²) in [7, 11) is 1.76. The Hall–Kier alpha value is -3.15. The zero-order valence-electron chi connectivity index (χ0n) is 18.0. The van der Waals surface area contributed by atoms with Gasteiger partial charge in [-0.2, -0.15) is 5.26 Å². The Morgan fingerprint density at radius 2 is 2.06 bits per heavy atom. The topological polar surface area (TPSA) is 100 Å². The fourth-order valence-electron chi connectivity index (χ4n) is 4.58. The maximum atomic E-state index is 12.4. The fraction of sp³-hybridized carbons (Fsp3) is 0.375. The summed E-state index contributed by atoms with van der Waals surface area (Å²) in [6.45, 7) is 2.22. The van der Waals surface area contributed by atoms with E-state index < -0.39 is 0 Å². The summed E-state index contributed by atoms with van der Waals surface area (Å²) in [6, 6.07) is 16.4. The molecule has 32 heavy (non-hydrogen) atoms. The highest BCUT2D eigenvalue weighted by Crippen LogP contribution is 2.53. The molecule has 1 saturated carbocycles. The van der Waals surface area contributed by atoms with Gasteiger partial charge in [-0.1, -0.05) is 37.3 Å². The van der Waals surface area contributed by atoms with Gasteiger partial charge in [0.05, 0.1) is 23.2 Å². The summed E-state index contributed by atoms with van der Waals surface area (Å²) in [5, 5.41) is 13.0. The van der Waals surface area contributed by atoms with Gasteiger partial charge in [0, 0.05) is 13.1 Å². The zero-order chi connectivity index (χ0) is 22.5. The summed E-state index contributed by atoms with van der Waals surface area (Å²) in [4.78, 5) is 27.1. The molecule has 2 aliphatic rings. The molecule has 0 spiro atoms. The van der Waals surface area contributed by atoms with E-state index in [0.717, 1.165) is 35.0 Å². The first-order valence-electron chi connectivity index (χ1n) is 10.8. The van der Waals surface area contributed by atoms with Gasteiger partial charge in [-0.05, 0) is 53.5 Å². The number of rotatable bonds is 6. The molecule has 7 nitrogen and oxygen atoms in total. The van der Waals surface area contributed by atoms with Crippen molar-refractivity contribution < 1.29 is 9.21 Å². The van der Waals surface area contributed by atoms with E-state index in [0.29, 0.717) is 18.0 Å². The number of carbonyl (C=O) groups is 1. The Bertz CT molecular complexity index is 1290. The van der Waals surface area contributed by atoms with E-state index in [-0.39, 0.29) is 38.3 Å². The summed E-state index contributed by atoms with van der Waals surface area (Å²) in [6.07, 6.45) is 2.62. The van der Waals surface area contributed by atoms with Gasteiger partial charge in [-0.3, -0.25) is 9.36 Å². The minimum Gasteiger partial charge on any atom is -0.408 e. The second-order valence-corrected chi connectivity index (χ2v) is 10.4. The molecule has 3 aromatic rings. The van der Waals surface area contributed by atoms with Crippen molar-refractivity contribution in [2.75, 3.05) is 0 Å². The SMILES string of the molecule is Cn1c(=O)oc2ccc(-c3ccc(C[C@@H](C#N)[Si]NC(=O)C4CC5(C)C[C@H]5N4)cc3)cc21. The van der Waals surface area contributed by atoms with Crippen LogP contribution in [-0.4, -0.2) is 32.2 Å². The van der Waals surface area contributed by atoms with Gasteiger partial charge >= 0.3 is 5.76 Å². The first-order valence-corrected chi connectivity index (χ1v) is 11.8. The number of aromatic nitrogens is 1. The van der Waals surface area contributed by atoms with Crippen molar-refractivity contribution in [2.45, 2.75) is 43.8 Å². The van der Waals surface area contributed by atoms with E-state index in [4.69, 9.17) is 4.42 Å². The van der Waals surface area contributed by atoms with Gasteiger partial charge < -0.3 is 14.7 Å². The number of piperidine rings is 1. The normalized spacial score (nSPS) is 24.7. The van der Waals surface area contributed by atoms with Crippen LogP contribution in [0, 0.1) is 16.7 Å². The number of aryl methyl sites for hydroxylation is 1. The first kappa shape index (κ1) is 20.7. The molecule has 2 radical (unpaired) electrons. The Morgan fingerprint density at radius 3 is 2.75 bits per heavy atom. The first-order chi connectivity index (χ1) is 15.4. The lowest BCUT2D eigenvalue weighted by Crippen LogP contribution is -2.44. The molecule has 0 bridgehead atoms.